The number of nitrogens with two attached hydrogens (primary N) is 1. The topological polar surface area (TPSA) is 129 Å². The van der Waals surface area contributed by atoms with Crippen molar-refractivity contribution in [3.63, 3.8) is 0 Å². The lowest BCUT2D eigenvalue weighted by Crippen LogP contribution is -2.34. The minimum absolute atomic E-state index is 0.0378. The molecule has 4 N–H and O–H groups in total. The highest BCUT2D eigenvalue weighted by molar-refractivity contribution is 6.33. The molecule has 4 atom stereocenters. The first kappa shape index (κ1) is 20.2. The van der Waals surface area contributed by atoms with Gasteiger partial charge in [-0.2, -0.15) is 0 Å². The predicted octanol–water partition coefficient (Wildman–Crippen LogP) is 2.57. The van der Waals surface area contributed by atoms with E-state index in [0.717, 1.165) is 5.39 Å². The first-order chi connectivity index (χ1) is 14.9. The van der Waals surface area contributed by atoms with E-state index in [4.69, 9.17) is 38.4 Å². The molecule has 0 unspecified atom stereocenters. The molecule has 5 rings (SSSR count). The molecule has 0 radical (unpaired) electrons. The Balaban J connectivity index is 1.36. The Kier molecular flexibility index (Phi) is 5.07. The number of aliphatic hydroxyl groups is 2. The molecule has 0 saturated carbocycles. The van der Waals surface area contributed by atoms with Crippen LogP contribution in [0.1, 0.15) is 6.23 Å². The number of anilines is 1. The van der Waals surface area contributed by atoms with Crippen molar-refractivity contribution in [3.05, 3.63) is 53.0 Å². The Morgan fingerprint density at radius 2 is 1.97 bits per heavy atom. The number of fused-ring (bicyclic) bond motifs is 2. The van der Waals surface area contributed by atoms with Crippen LogP contribution in [0.3, 0.4) is 0 Å². The summed E-state index contributed by atoms with van der Waals surface area (Å²) in [5, 5.41) is 23.4. The molecule has 1 aromatic carbocycles. The Morgan fingerprint density at radius 1 is 1.13 bits per heavy atom. The molecule has 11 heteroatoms. The molecule has 4 aromatic rings. The number of rotatable bonds is 4. The van der Waals surface area contributed by atoms with Gasteiger partial charge in [0, 0.05) is 23.8 Å². The summed E-state index contributed by atoms with van der Waals surface area (Å²) in [4.78, 5) is 12.4. The maximum atomic E-state index is 10.6. The third kappa shape index (κ3) is 3.54. The molecule has 0 aliphatic carbocycles. The van der Waals surface area contributed by atoms with Crippen molar-refractivity contribution in [2.24, 2.45) is 0 Å². The smallest absolute Gasteiger partial charge is 0.164 e. The normalized spacial score (nSPS) is 23.6. The number of aromatic nitrogens is 4. The summed E-state index contributed by atoms with van der Waals surface area (Å²) in [6.07, 6.45) is 0.484. The molecule has 1 aliphatic heterocycles. The van der Waals surface area contributed by atoms with Gasteiger partial charge in [-0.3, -0.25) is 4.98 Å². The molecule has 1 saturated heterocycles. The number of nitrogens with zero attached hydrogens (tertiary/aromatic N) is 4. The Morgan fingerprint density at radius 3 is 2.81 bits per heavy atom. The van der Waals surface area contributed by atoms with Crippen LogP contribution in [0.4, 0.5) is 5.82 Å². The van der Waals surface area contributed by atoms with Crippen molar-refractivity contribution in [3.8, 4) is 5.75 Å². The molecule has 4 heterocycles. The Labute approximate surface area is 186 Å². The van der Waals surface area contributed by atoms with Gasteiger partial charge < -0.3 is 30.0 Å². The molecular weight excluding hydrogens is 445 g/mol. The van der Waals surface area contributed by atoms with Crippen LogP contribution in [-0.4, -0.2) is 54.7 Å². The second-order valence-corrected chi connectivity index (χ2v) is 8.05. The zero-order chi connectivity index (χ0) is 21.7. The third-order valence-electron chi connectivity index (χ3n) is 5.26. The van der Waals surface area contributed by atoms with Gasteiger partial charge in [-0.05, 0) is 18.2 Å². The average molecular weight is 462 g/mol. The van der Waals surface area contributed by atoms with Gasteiger partial charge in [-0.25, -0.2) is 9.97 Å². The van der Waals surface area contributed by atoms with E-state index in [2.05, 4.69) is 15.0 Å². The van der Waals surface area contributed by atoms with Crippen LogP contribution in [0, 0.1) is 0 Å². The van der Waals surface area contributed by atoms with Crippen molar-refractivity contribution in [2.45, 2.75) is 24.5 Å². The lowest BCUT2D eigenvalue weighted by atomic mass is 10.1. The van der Waals surface area contributed by atoms with E-state index >= 15 is 0 Å². The molecule has 9 nitrogen and oxygen atoms in total. The highest BCUT2D eigenvalue weighted by Crippen LogP contribution is 2.35. The third-order valence-corrected chi connectivity index (χ3v) is 5.76. The van der Waals surface area contributed by atoms with Crippen LogP contribution < -0.4 is 10.5 Å². The monoisotopic (exact) mass is 461 g/mol. The van der Waals surface area contributed by atoms with Crippen molar-refractivity contribution in [1.82, 2.24) is 19.5 Å². The van der Waals surface area contributed by atoms with Crippen molar-refractivity contribution >= 4 is 51.0 Å². The van der Waals surface area contributed by atoms with Gasteiger partial charge in [0.15, 0.2) is 6.23 Å². The fraction of sp³-hybridized carbons (Fsp3) is 0.250. The summed E-state index contributed by atoms with van der Waals surface area (Å²) >= 11 is 12.3. The predicted molar refractivity (Wildman–Crippen MR) is 115 cm³/mol. The van der Waals surface area contributed by atoms with E-state index in [9.17, 15) is 10.2 Å². The van der Waals surface area contributed by atoms with Crippen LogP contribution in [-0.2, 0) is 4.74 Å². The van der Waals surface area contributed by atoms with Crippen LogP contribution in [0.15, 0.2) is 43.0 Å². The van der Waals surface area contributed by atoms with Crippen molar-refractivity contribution < 1.29 is 19.7 Å². The molecule has 0 amide bonds. The van der Waals surface area contributed by atoms with Crippen LogP contribution in [0.25, 0.3) is 21.9 Å². The van der Waals surface area contributed by atoms with E-state index < -0.39 is 24.5 Å². The van der Waals surface area contributed by atoms with Crippen LogP contribution in [0.5, 0.6) is 5.75 Å². The second-order valence-electron chi connectivity index (χ2n) is 7.21. The molecule has 3 aromatic heterocycles. The summed E-state index contributed by atoms with van der Waals surface area (Å²) in [6.45, 7) is -0.0378. The summed E-state index contributed by atoms with van der Waals surface area (Å²) in [7, 11) is 0. The molecule has 1 fully saturated rings. The van der Waals surface area contributed by atoms with Gasteiger partial charge in [0.2, 0.25) is 0 Å². The average Bonchev–Trinajstić information content (AvgIpc) is 3.29. The summed E-state index contributed by atoms with van der Waals surface area (Å²) < 4.78 is 13.3. The number of hydrogen-bond acceptors (Lipinski definition) is 8. The van der Waals surface area contributed by atoms with Crippen molar-refractivity contribution in [1.29, 1.82) is 0 Å². The minimum Gasteiger partial charge on any atom is -0.489 e. The Bertz CT molecular complexity index is 1280. The zero-order valence-corrected chi connectivity index (χ0v) is 17.4. The van der Waals surface area contributed by atoms with Gasteiger partial charge >= 0.3 is 0 Å². The molecule has 0 spiro atoms. The van der Waals surface area contributed by atoms with Gasteiger partial charge in [0.25, 0.3) is 0 Å². The van der Waals surface area contributed by atoms with E-state index in [1.165, 1.54) is 12.5 Å². The van der Waals surface area contributed by atoms with Gasteiger partial charge in [-0.1, -0.05) is 23.2 Å². The standard InChI is InChI=1S/C20H17Cl2N5O4/c21-10-3-9-4-12(22)14(5-13(9)24-6-10)30-7-15-16(28)17(29)20(31-15)27-2-1-11-18(23)25-8-26-19(11)27/h1-6,8,15-17,20,28-29H,7H2,(H2,23,25,26)/t15-,16-,17-,20-/m1/s1. The van der Waals surface area contributed by atoms with Gasteiger partial charge in [0.05, 0.1) is 20.9 Å². The highest BCUT2D eigenvalue weighted by Gasteiger charge is 2.44. The number of hydrogen-bond donors (Lipinski definition) is 3. The quantitative estimate of drug-likeness (QED) is 0.422. The minimum atomic E-state index is -1.20. The second kappa shape index (κ2) is 7.77. The molecule has 0 bridgehead atoms. The largest absolute Gasteiger partial charge is 0.489 e. The summed E-state index contributed by atoms with van der Waals surface area (Å²) in [5.74, 6) is 0.696. The number of halogens is 2. The fourth-order valence-corrected chi connectivity index (χ4v) is 4.07. The number of pyridine rings is 1. The number of benzene rings is 1. The maximum absolute atomic E-state index is 10.6. The lowest BCUT2D eigenvalue weighted by molar-refractivity contribution is -0.0471. The first-order valence-electron chi connectivity index (χ1n) is 9.38. The molecule has 1 aliphatic rings. The van der Waals surface area contributed by atoms with E-state index in [-0.39, 0.29) is 6.61 Å². The van der Waals surface area contributed by atoms with Gasteiger partial charge in [0.1, 0.15) is 48.5 Å². The van der Waals surface area contributed by atoms with Crippen molar-refractivity contribution in [2.75, 3.05) is 12.3 Å². The van der Waals surface area contributed by atoms with E-state index in [1.807, 2.05) is 0 Å². The summed E-state index contributed by atoms with van der Waals surface area (Å²) in [6, 6.07) is 6.86. The van der Waals surface area contributed by atoms with E-state index in [1.54, 1.807) is 35.0 Å². The Hall–Kier alpha value is -2.69. The zero-order valence-electron chi connectivity index (χ0n) is 15.9. The molecule has 31 heavy (non-hydrogen) atoms. The summed E-state index contributed by atoms with van der Waals surface area (Å²) in [5.41, 5.74) is 7.02. The van der Waals surface area contributed by atoms with Gasteiger partial charge in [-0.15, -0.1) is 0 Å². The number of ether oxygens (including phenoxy) is 2. The molecule has 160 valence electrons. The maximum Gasteiger partial charge on any atom is 0.164 e. The SMILES string of the molecule is Nc1ncnc2c1ccn2[C@@H]1O[C@H](COc2cc3ncc(Cl)cc3cc2Cl)[C@@H](O)[C@H]1O. The number of aliphatic hydroxyl groups excluding tert-OH is 2. The number of nitrogen functional groups attached to an aromatic ring is 1. The first-order valence-corrected chi connectivity index (χ1v) is 10.1. The van der Waals surface area contributed by atoms with Crippen LogP contribution in [0.2, 0.25) is 10.0 Å². The molecular formula is C20H17Cl2N5O4. The van der Waals surface area contributed by atoms with Crippen LogP contribution >= 0.6 is 23.2 Å². The fourth-order valence-electron chi connectivity index (χ4n) is 3.68. The van der Waals surface area contributed by atoms with E-state index in [0.29, 0.717) is 38.2 Å². The lowest BCUT2D eigenvalue weighted by Gasteiger charge is -2.17. The highest BCUT2D eigenvalue weighted by atomic mass is 35.5.